The van der Waals surface area contributed by atoms with Gasteiger partial charge < -0.3 is 24.6 Å². The molecule has 7 rings (SSSR count). The van der Waals surface area contributed by atoms with Crippen molar-refractivity contribution < 1.29 is 24.1 Å². The van der Waals surface area contributed by atoms with Gasteiger partial charge in [0.05, 0.1) is 6.61 Å². The van der Waals surface area contributed by atoms with Crippen LogP contribution in [-0.4, -0.2) is 40.9 Å². The number of rotatable bonds is 8. The maximum Gasteiger partial charge on any atom is 0.329 e. The lowest BCUT2D eigenvalue weighted by Gasteiger charge is -2.47. The normalized spacial score (nSPS) is 28.7. The maximum atomic E-state index is 12.9. The van der Waals surface area contributed by atoms with Crippen LogP contribution in [0.1, 0.15) is 94.0 Å². The van der Waals surface area contributed by atoms with Gasteiger partial charge in [0, 0.05) is 28.2 Å². The van der Waals surface area contributed by atoms with Crippen molar-refractivity contribution in [2.75, 3.05) is 18.5 Å². The van der Waals surface area contributed by atoms with Gasteiger partial charge in [-0.2, -0.15) is 0 Å². The number of aromatic nitrogens is 1. The first-order valence-electron chi connectivity index (χ1n) is 17.0. The van der Waals surface area contributed by atoms with Crippen LogP contribution in [0.3, 0.4) is 0 Å². The van der Waals surface area contributed by atoms with Gasteiger partial charge in [-0.15, -0.1) is 0 Å². The van der Waals surface area contributed by atoms with E-state index >= 15 is 0 Å². The number of aryl methyl sites for hydroxylation is 1. The third kappa shape index (κ3) is 5.69. The van der Waals surface area contributed by atoms with Gasteiger partial charge >= 0.3 is 5.97 Å². The van der Waals surface area contributed by atoms with Crippen LogP contribution in [0.2, 0.25) is 5.02 Å². The van der Waals surface area contributed by atoms with E-state index in [9.17, 15) is 9.90 Å². The third-order valence-electron chi connectivity index (χ3n) is 11.2. The highest BCUT2D eigenvalue weighted by molar-refractivity contribution is 6.30. The Hall–Kier alpha value is -3.45. The van der Waals surface area contributed by atoms with Crippen molar-refractivity contribution >= 4 is 23.3 Å². The Balaban J connectivity index is 1.15. The van der Waals surface area contributed by atoms with Crippen LogP contribution in [0.4, 0.5) is 5.69 Å². The van der Waals surface area contributed by atoms with Crippen LogP contribution in [0.15, 0.2) is 48.7 Å². The number of fused-ring (bicyclic) bond motifs is 4. The molecule has 3 aromatic rings. The molecule has 2 aromatic carbocycles. The number of pyridine rings is 1. The fourth-order valence-electron chi connectivity index (χ4n) is 8.78. The Labute approximate surface area is 277 Å². The van der Waals surface area contributed by atoms with Gasteiger partial charge in [0.2, 0.25) is 0 Å². The van der Waals surface area contributed by atoms with Crippen molar-refractivity contribution in [2.45, 2.75) is 102 Å². The molecule has 46 heavy (non-hydrogen) atoms. The van der Waals surface area contributed by atoms with Crippen LogP contribution < -0.4 is 19.5 Å². The lowest BCUT2D eigenvalue weighted by molar-refractivity contribution is -0.144. The molecule has 8 heteroatoms. The quantitative estimate of drug-likeness (QED) is 0.255. The Bertz CT molecular complexity index is 1620. The topological polar surface area (TPSA) is 89.9 Å². The minimum absolute atomic E-state index is 0.00886. The van der Waals surface area contributed by atoms with E-state index < -0.39 is 11.5 Å². The lowest BCUT2D eigenvalue weighted by Crippen LogP contribution is -2.53. The minimum atomic E-state index is -1.06. The minimum Gasteiger partial charge on any atom is -0.493 e. The first kappa shape index (κ1) is 31.2. The predicted octanol–water partition coefficient (Wildman–Crippen LogP) is 8.36. The smallest absolute Gasteiger partial charge is 0.329 e. The van der Waals surface area contributed by atoms with Gasteiger partial charge in [-0.05, 0) is 135 Å². The molecular weight excluding hydrogens is 600 g/mol. The Morgan fingerprint density at radius 1 is 1.15 bits per heavy atom. The van der Waals surface area contributed by atoms with E-state index in [1.165, 1.54) is 35.2 Å². The van der Waals surface area contributed by atoms with Crippen molar-refractivity contribution in [3.8, 4) is 17.2 Å². The van der Waals surface area contributed by atoms with E-state index in [4.69, 9.17) is 25.8 Å². The van der Waals surface area contributed by atoms with Gasteiger partial charge in [0.15, 0.2) is 11.5 Å². The first-order valence-corrected chi connectivity index (χ1v) is 17.4. The zero-order valence-electron chi connectivity index (χ0n) is 27.1. The fourth-order valence-corrected chi connectivity index (χ4v) is 8.97. The van der Waals surface area contributed by atoms with E-state index in [0.717, 1.165) is 55.0 Å². The van der Waals surface area contributed by atoms with E-state index in [2.05, 4.69) is 36.3 Å². The average Bonchev–Trinajstić information content (AvgIpc) is 3.31. The number of hydrogen-bond donors (Lipinski definition) is 2. The maximum absolute atomic E-state index is 12.9. The van der Waals surface area contributed by atoms with Gasteiger partial charge in [-0.25, -0.2) is 4.79 Å². The molecule has 7 nitrogen and oxygen atoms in total. The van der Waals surface area contributed by atoms with E-state index in [1.54, 1.807) is 12.1 Å². The molecule has 0 amide bonds. The number of carboxylic acids is 1. The standard InChI is InChI=1S/C38H45ClN2O5/c1-23(21-44-32-10-15-40-31-9-4-6-24(2)35(31)32)16-27-17-26-18-33-34(46-25(3)22-45-33)20-30(26)37(27)11-13-38(14-12-37,36(42)43)41-29-8-5-7-28(39)19-29/h5,7-8,10,15,18-20,23-25,27,41H,4,6,9,11-14,16-17,21-22H2,1-3H3,(H,42,43)/t23-,24-,25?,27?,37?,38?/m1/s1. The molecule has 0 bridgehead atoms. The zero-order chi connectivity index (χ0) is 32.1. The van der Waals surface area contributed by atoms with Gasteiger partial charge in [0.25, 0.3) is 0 Å². The van der Waals surface area contributed by atoms with Crippen LogP contribution in [0.25, 0.3) is 0 Å². The number of hydrogen-bond acceptors (Lipinski definition) is 6. The second kappa shape index (κ2) is 12.3. The third-order valence-corrected chi connectivity index (χ3v) is 11.4. The molecular formula is C38H45ClN2O5. The summed E-state index contributed by atoms with van der Waals surface area (Å²) in [5.74, 6) is 2.93. The molecule has 2 unspecified atom stereocenters. The lowest BCUT2D eigenvalue weighted by atomic mass is 9.59. The molecule has 0 radical (unpaired) electrons. The summed E-state index contributed by atoms with van der Waals surface area (Å²) in [6, 6.07) is 13.8. The number of benzene rings is 2. The summed E-state index contributed by atoms with van der Waals surface area (Å²) < 4.78 is 18.9. The van der Waals surface area contributed by atoms with Crippen LogP contribution >= 0.6 is 11.6 Å². The van der Waals surface area contributed by atoms with Crippen molar-refractivity contribution in [3.05, 3.63) is 76.1 Å². The number of ether oxygens (including phenoxy) is 3. The number of nitrogens with one attached hydrogen (secondary N) is 1. The number of nitrogens with zero attached hydrogens (tertiary/aromatic N) is 1. The number of anilines is 1. The molecule has 4 atom stereocenters. The summed E-state index contributed by atoms with van der Waals surface area (Å²) in [5, 5.41) is 14.5. The number of halogens is 1. The Kier molecular flexibility index (Phi) is 8.33. The summed E-state index contributed by atoms with van der Waals surface area (Å²) in [7, 11) is 0. The molecule has 0 saturated heterocycles. The summed E-state index contributed by atoms with van der Waals surface area (Å²) >= 11 is 6.26. The Morgan fingerprint density at radius 2 is 1.98 bits per heavy atom. The number of carbonyl (C=O) groups is 1. The monoisotopic (exact) mass is 644 g/mol. The van der Waals surface area contributed by atoms with Crippen molar-refractivity contribution in [2.24, 2.45) is 11.8 Å². The summed E-state index contributed by atoms with van der Waals surface area (Å²) in [6.07, 6.45) is 9.75. The van der Waals surface area contributed by atoms with Crippen molar-refractivity contribution in [3.63, 3.8) is 0 Å². The molecule has 4 aliphatic rings. The van der Waals surface area contributed by atoms with Crippen LogP contribution in [-0.2, 0) is 23.1 Å². The largest absolute Gasteiger partial charge is 0.493 e. The highest BCUT2D eigenvalue weighted by atomic mass is 35.5. The molecule has 1 spiro atoms. The Morgan fingerprint density at radius 3 is 2.76 bits per heavy atom. The number of carboxylic acid groups (broad SMARTS) is 1. The molecule has 3 aliphatic carbocycles. The second-order valence-electron chi connectivity index (χ2n) is 14.4. The molecule has 1 aromatic heterocycles. The van der Waals surface area contributed by atoms with E-state index in [1.807, 2.05) is 31.3 Å². The second-order valence-corrected chi connectivity index (χ2v) is 14.8. The average molecular weight is 645 g/mol. The molecule has 1 saturated carbocycles. The highest BCUT2D eigenvalue weighted by Crippen LogP contribution is 2.58. The predicted molar refractivity (Wildman–Crippen MR) is 180 cm³/mol. The molecule has 244 valence electrons. The van der Waals surface area contributed by atoms with Crippen molar-refractivity contribution in [1.29, 1.82) is 0 Å². The van der Waals surface area contributed by atoms with Crippen LogP contribution in [0, 0.1) is 11.8 Å². The molecule has 2 heterocycles. The van der Waals surface area contributed by atoms with Gasteiger partial charge in [-0.1, -0.05) is 31.5 Å². The summed E-state index contributed by atoms with van der Waals surface area (Å²) in [5.41, 5.74) is 4.61. The molecule has 1 fully saturated rings. The van der Waals surface area contributed by atoms with Crippen molar-refractivity contribution in [1.82, 2.24) is 4.98 Å². The summed E-state index contributed by atoms with van der Waals surface area (Å²) in [6.45, 7) is 7.78. The van der Waals surface area contributed by atoms with Gasteiger partial charge in [0.1, 0.15) is 24.0 Å². The number of aliphatic carboxylic acids is 1. The molecule has 1 aliphatic heterocycles. The van der Waals surface area contributed by atoms with E-state index in [0.29, 0.717) is 48.8 Å². The zero-order valence-corrected chi connectivity index (χ0v) is 27.9. The van der Waals surface area contributed by atoms with E-state index in [-0.39, 0.29) is 11.5 Å². The first-order chi connectivity index (χ1) is 22.2. The molecule has 2 N–H and O–H groups in total. The van der Waals surface area contributed by atoms with Gasteiger partial charge in [-0.3, -0.25) is 4.98 Å². The summed E-state index contributed by atoms with van der Waals surface area (Å²) in [4.78, 5) is 17.6. The SMILES string of the molecule is CC1COc2cc3c(cc2O1)C1(CCC(Nc2cccc(Cl)c2)(C(=O)O)CC1)C(C[C@@H](C)COc1ccnc2c1[C@H](C)CCC2)C3. The highest BCUT2D eigenvalue weighted by Gasteiger charge is 2.54. The van der Waals surface area contributed by atoms with Crippen LogP contribution in [0.5, 0.6) is 17.2 Å². The fraction of sp³-hybridized carbons (Fsp3) is 0.526.